The van der Waals surface area contributed by atoms with Gasteiger partial charge in [-0.15, -0.1) is 0 Å². The van der Waals surface area contributed by atoms with Crippen molar-refractivity contribution in [2.24, 2.45) is 0 Å². The first kappa shape index (κ1) is 13.9. The van der Waals surface area contributed by atoms with E-state index in [0.29, 0.717) is 19.8 Å². The average molecular weight is 201 g/mol. The molecule has 0 N–H and O–H groups in total. The van der Waals surface area contributed by atoms with E-state index in [0.717, 1.165) is 12.8 Å². The van der Waals surface area contributed by atoms with E-state index in [-0.39, 0.29) is 5.60 Å². The van der Waals surface area contributed by atoms with Crippen molar-refractivity contribution in [2.75, 3.05) is 19.8 Å². The highest BCUT2D eigenvalue weighted by Crippen LogP contribution is 2.22. The number of ether oxygens (including phenoxy) is 2. The summed E-state index contributed by atoms with van der Waals surface area (Å²) in [5.74, 6) is 0. The SMILES string of the molecule is [CH2]COCCOC(C)(CC)CCCC. The van der Waals surface area contributed by atoms with E-state index in [4.69, 9.17) is 9.47 Å². The molecular weight excluding hydrogens is 176 g/mol. The van der Waals surface area contributed by atoms with Gasteiger partial charge in [0.15, 0.2) is 0 Å². The Labute approximate surface area is 89.0 Å². The molecule has 0 heterocycles. The third-order valence-corrected chi connectivity index (χ3v) is 2.63. The van der Waals surface area contributed by atoms with Gasteiger partial charge in [-0.1, -0.05) is 26.7 Å². The lowest BCUT2D eigenvalue weighted by molar-refractivity contribution is -0.0623. The van der Waals surface area contributed by atoms with E-state index >= 15 is 0 Å². The van der Waals surface area contributed by atoms with Crippen LogP contribution in [0.3, 0.4) is 0 Å². The molecule has 0 fully saturated rings. The molecular formula is C12H25O2. The maximum Gasteiger partial charge on any atom is 0.0707 e. The molecule has 0 aliphatic rings. The Hall–Kier alpha value is -0.0800. The second-order valence-corrected chi connectivity index (χ2v) is 3.87. The number of unbranched alkanes of at least 4 members (excludes halogenated alkanes) is 1. The molecule has 14 heavy (non-hydrogen) atoms. The molecule has 1 unspecified atom stereocenters. The zero-order valence-corrected chi connectivity index (χ0v) is 9.97. The maximum atomic E-state index is 5.83. The van der Waals surface area contributed by atoms with Crippen molar-refractivity contribution in [1.82, 2.24) is 0 Å². The zero-order chi connectivity index (χ0) is 10.9. The summed E-state index contributed by atoms with van der Waals surface area (Å²) < 4.78 is 11.0. The summed E-state index contributed by atoms with van der Waals surface area (Å²) in [6, 6.07) is 0. The van der Waals surface area contributed by atoms with Gasteiger partial charge >= 0.3 is 0 Å². The molecule has 0 rings (SSSR count). The summed E-state index contributed by atoms with van der Waals surface area (Å²) in [6.07, 6.45) is 4.68. The van der Waals surface area contributed by atoms with Crippen LogP contribution in [0.4, 0.5) is 0 Å². The molecule has 0 aromatic carbocycles. The normalized spacial score (nSPS) is 15.4. The summed E-state index contributed by atoms with van der Waals surface area (Å²) in [5, 5.41) is 0. The van der Waals surface area contributed by atoms with Gasteiger partial charge in [-0.3, -0.25) is 0 Å². The highest BCUT2D eigenvalue weighted by Gasteiger charge is 2.21. The molecule has 1 atom stereocenters. The molecule has 0 aromatic rings. The van der Waals surface area contributed by atoms with E-state index in [2.05, 4.69) is 27.7 Å². The van der Waals surface area contributed by atoms with Crippen molar-refractivity contribution in [3.8, 4) is 0 Å². The van der Waals surface area contributed by atoms with Crippen molar-refractivity contribution in [2.45, 2.75) is 52.1 Å². The zero-order valence-electron chi connectivity index (χ0n) is 9.97. The van der Waals surface area contributed by atoms with Crippen molar-refractivity contribution in [3.63, 3.8) is 0 Å². The first-order valence-electron chi connectivity index (χ1n) is 5.69. The maximum absolute atomic E-state index is 5.83. The lowest BCUT2D eigenvalue weighted by Crippen LogP contribution is -2.29. The lowest BCUT2D eigenvalue weighted by Gasteiger charge is -2.28. The van der Waals surface area contributed by atoms with Gasteiger partial charge in [0, 0.05) is 6.61 Å². The van der Waals surface area contributed by atoms with Gasteiger partial charge in [-0.2, -0.15) is 0 Å². The van der Waals surface area contributed by atoms with Crippen LogP contribution in [0.15, 0.2) is 0 Å². The fraction of sp³-hybridized carbons (Fsp3) is 0.917. The van der Waals surface area contributed by atoms with E-state index in [1.54, 1.807) is 0 Å². The van der Waals surface area contributed by atoms with E-state index in [9.17, 15) is 0 Å². The number of hydrogen-bond donors (Lipinski definition) is 0. The minimum atomic E-state index is 0.0422. The first-order chi connectivity index (χ1) is 6.68. The Morgan fingerprint density at radius 3 is 2.43 bits per heavy atom. The van der Waals surface area contributed by atoms with Crippen LogP contribution >= 0.6 is 0 Å². The smallest absolute Gasteiger partial charge is 0.0707 e. The number of hydrogen-bond acceptors (Lipinski definition) is 2. The topological polar surface area (TPSA) is 18.5 Å². The van der Waals surface area contributed by atoms with Gasteiger partial charge in [0.25, 0.3) is 0 Å². The molecule has 2 heteroatoms. The van der Waals surface area contributed by atoms with Crippen molar-refractivity contribution in [3.05, 3.63) is 6.92 Å². The van der Waals surface area contributed by atoms with Crippen LogP contribution < -0.4 is 0 Å². The fourth-order valence-electron chi connectivity index (χ4n) is 1.35. The minimum Gasteiger partial charge on any atom is -0.379 e. The van der Waals surface area contributed by atoms with Crippen molar-refractivity contribution >= 4 is 0 Å². The molecule has 2 nitrogen and oxygen atoms in total. The van der Waals surface area contributed by atoms with E-state index in [1.165, 1.54) is 12.8 Å². The molecule has 85 valence electrons. The van der Waals surface area contributed by atoms with Gasteiger partial charge in [-0.25, -0.2) is 0 Å². The summed E-state index contributed by atoms with van der Waals surface area (Å²) in [6.45, 7) is 12.1. The van der Waals surface area contributed by atoms with Gasteiger partial charge in [0.1, 0.15) is 0 Å². The molecule has 1 radical (unpaired) electrons. The Morgan fingerprint density at radius 2 is 1.93 bits per heavy atom. The van der Waals surface area contributed by atoms with Gasteiger partial charge in [0.2, 0.25) is 0 Å². The molecule has 0 aromatic heterocycles. The molecule has 0 aliphatic heterocycles. The first-order valence-corrected chi connectivity index (χ1v) is 5.69. The van der Waals surface area contributed by atoms with Gasteiger partial charge in [0.05, 0.1) is 18.8 Å². The number of rotatable bonds is 9. The molecule has 0 spiro atoms. The van der Waals surface area contributed by atoms with Crippen molar-refractivity contribution < 1.29 is 9.47 Å². The molecule has 0 aliphatic carbocycles. The Balaban J connectivity index is 3.63. The second kappa shape index (κ2) is 8.25. The van der Waals surface area contributed by atoms with Crippen LogP contribution in [0.25, 0.3) is 0 Å². The third kappa shape index (κ3) is 6.39. The predicted octanol–water partition coefficient (Wildman–Crippen LogP) is 3.21. The van der Waals surface area contributed by atoms with E-state index < -0.39 is 0 Å². The Bertz CT molecular complexity index is 125. The third-order valence-electron chi connectivity index (χ3n) is 2.63. The van der Waals surface area contributed by atoms with Crippen LogP contribution in [-0.2, 0) is 9.47 Å². The predicted molar refractivity (Wildman–Crippen MR) is 60.3 cm³/mol. The van der Waals surface area contributed by atoms with Crippen LogP contribution in [0.2, 0.25) is 0 Å². The summed E-state index contributed by atoms with van der Waals surface area (Å²) in [4.78, 5) is 0. The highest BCUT2D eigenvalue weighted by molar-refractivity contribution is 4.72. The average Bonchev–Trinajstić information content (AvgIpc) is 2.22. The fourth-order valence-corrected chi connectivity index (χ4v) is 1.35. The summed E-state index contributed by atoms with van der Waals surface area (Å²) in [7, 11) is 0. The Morgan fingerprint density at radius 1 is 1.21 bits per heavy atom. The van der Waals surface area contributed by atoms with Gasteiger partial charge < -0.3 is 9.47 Å². The lowest BCUT2D eigenvalue weighted by atomic mass is 9.96. The van der Waals surface area contributed by atoms with E-state index in [1.807, 2.05) is 0 Å². The van der Waals surface area contributed by atoms with Crippen molar-refractivity contribution in [1.29, 1.82) is 0 Å². The minimum absolute atomic E-state index is 0.0422. The van der Waals surface area contributed by atoms with Crippen LogP contribution in [-0.4, -0.2) is 25.4 Å². The van der Waals surface area contributed by atoms with Crippen LogP contribution in [0, 0.1) is 6.92 Å². The quantitative estimate of drug-likeness (QED) is 0.533. The monoisotopic (exact) mass is 201 g/mol. The second-order valence-electron chi connectivity index (χ2n) is 3.87. The van der Waals surface area contributed by atoms with Crippen LogP contribution in [0.5, 0.6) is 0 Å². The summed E-state index contributed by atoms with van der Waals surface area (Å²) >= 11 is 0. The molecule has 0 saturated carbocycles. The van der Waals surface area contributed by atoms with Crippen LogP contribution in [0.1, 0.15) is 46.5 Å². The standard InChI is InChI=1S/C12H25O2/c1-5-8-9-12(4,6-2)14-11-10-13-7-3/h3,5-11H2,1-2,4H3. The molecule has 0 amide bonds. The Kier molecular flexibility index (Phi) is 8.20. The molecule has 0 saturated heterocycles. The highest BCUT2D eigenvalue weighted by atomic mass is 16.5. The largest absolute Gasteiger partial charge is 0.379 e. The summed E-state index contributed by atoms with van der Waals surface area (Å²) in [5.41, 5.74) is 0.0422. The van der Waals surface area contributed by atoms with Gasteiger partial charge in [-0.05, 0) is 26.7 Å². The molecule has 0 bridgehead atoms.